The summed E-state index contributed by atoms with van der Waals surface area (Å²) in [7, 11) is 3.27. The molecule has 0 aromatic heterocycles. The van der Waals surface area contributed by atoms with Crippen LogP contribution in [0.5, 0.6) is 0 Å². The maximum absolute atomic E-state index is 12.6. The number of esters is 1. The molecule has 18 nitrogen and oxygen atoms in total. The van der Waals surface area contributed by atoms with E-state index in [4.69, 9.17) is 48.9 Å². The number of aliphatic hydroxyl groups is 5. The summed E-state index contributed by atoms with van der Waals surface area (Å²) in [5, 5.41) is 56.6. The van der Waals surface area contributed by atoms with Crippen LogP contribution >= 0.6 is 0 Å². The van der Waals surface area contributed by atoms with E-state index in [-0.39, 0.29) is 55.9 Å². The molecule has 18 heteroatoms. The van der Waals surface area contributed by atoms with Gasteiger partial charge in [-0.1, -0.05) is 33.4 Å². The van der Waals surface area contributed by atoms with Crippen LogP contribution in [0.3, 0.4) is 0 Å². The molecule has 8 N–H and O–H groups in total. The van der Waals surface area contributed by atoms with Gasteiger partial charge in [0, 0.05) is 72.7 Å². The minimum Gasteiger partial charge on any atom is -0.515 e. The number of carbonyl (C=O) groups excluding carboxylic acids is 2. The van der Waals surface area contributed by atoms with Gasteiger partial charge in [0.2, 0.25) is 5.91 Å². The van der Waals surface area contributed by atoms with Gasteiger partial charge in [-0.05, 0) is 101 Å². The monoisotopic (exact) mass is 1000 g/mol. The summed E-state index contributed by atoms with van der Waals surface area (Å²) in [6.07, 6.45) is 12.1. The lowest BCUT2D eigenvalue weighted by molar-refractivity contribution is -0.222. The average Bonchev–Trinajstić information content (AvgIpc) is 4.08. The lowest BCUT2D eigenvalue weighted by atomic mass is 9.94. The fraction of sp³-hybridized carbons (Fsp3) is 0.574. The molecule has 7 rings (SSSR count). The molecule has 72 heavy (non-hydrogen) atoms. The zero-order valence-electron chi connectivity index (χ0n) is 43.4. The molecule has 3 fully saturated rings. The molecular weight excluding hydrogens is 925 g/mol. The summed E-state index contributed by atoms with van der Waals surface area (Å²) in [5.41, 5.74) is 13.0. The van der Waals surface area contributed by atoms with Crippen molar-refractivity contribution in [2.24, 2.45) is 20.9 Å². The maximum Gasteiger partial charge on any atom is 0.310 e. The van der Waals surface area contributed by atoms with Gasteiger partial charge in [0.1, 0.15) is 0 Å². The lowest BCUT2D eigenvalue weighted by Crippen LogP contribution is -2.39. The van der Waals surface area contributed by atoms with Gasteiger partial charge in [0.05, 0.1) is 105 Å². The molecule has 7 aliphatic heterocycles. The number of allylic oxidation sites excluding steroid dienone is 11. The molecule has 7 atom stereocenters. The van der Waals surface area contributed by atoms with Gasteiger partial charge in [-0.25, -0.2) is 15.0 Å². The molecule has 8 bridgehead atoms. The SMILES string of the molecule is C=CC1=C(C)C2=NC1=CC1=NC(=CC3=C(C)/C(=C\O)C(=N3)C(CC(=O)OC)=C3CC(C)C(=C2)N3)C(CC)=C1C.CCC(=O)NCCCOC1CC(O)CC(CO)O1.CNCCCOC1CC(O)CC(CO)O1. The van der Waals surface area contributed by atoms with Gasteiger partial charge in [0.15, 0.2) is 12.6 Å². The third kappa shape index (κ3) is 15.4. The number of amides is 1. The number of nitrogens with zero attached hydrogens (tertiary/aromatic N) is 3. The van der Waals surface area contributed by atoms with Crippen LogP contribution in [-0.2, 0) is 33.3 Å². The largest absolute Gasteiger partial charge is 0.515 e. The summed E-state index contributed by atoms with van der Waals surface area (Å²) in [6, 6.07) is 0. The molecule has 0 aromatic rings. The summed E-state index contributed by atoms with van der Waals surface area (Å²) < 4.78 is 26.8. The normalized spacial score (nSPS) is 26.4. The molecule has 7 aliphatic rings. The highest BCUT2D eigenvalue weighted by atomic mass is 16.7. The van der Waals surface area contributed by atoms with Crippen molar-refractivity contribution in [3.05, 3.63) is 105 Å². The molecule has 7 unspecified atom stereocenters. The zero-order valence-corrected chi connectivity index (χ0v) is 43.4. The zero-order chi connectivity index (χ0) is 52.5. The summed E-state index contributed by atoms with van der Waals surface area (Å²) >= 11 is 0. The van der Waals surface area contributed by atoms with E-state index in [2.05, 4.69) is 56.3 Å². The maximum atomic E-state index is 12.6. The molecule has 7 heterocycles. The number of fused-ring (bicyclic) bond motifs is 5. The van der Waals surface area contributed by atoms with Crippen LogP contribution in [0, 0.1) is 5.92 Å². The Balaban J connectivity index is 0.000000241. The van der Waals surface area contributed by atoms with Gasteiger partial charge in [-0.2, -0.15) is 0 Å². The van der Waals surface area contributed by atoms with Crippen molar-refractivity contribution in [3.63, 3.8) is 0 Å². The Labute approximate surface area is 424 Å². The van der Waals surface area contributed by atoms with Crippen LogP contribution in [0.4, 0.5) is 0 Å². The van der Waals surface area contributed by atoms with Crippen LogP contribution in [0.15, 0.2) is 120 Å². The lowest BCUT2D eigenvalue weighted by Gasteiger charge is -2.32. The highest BCUT2D eigenvalue weighted by Crippen LogP contribution is 2.39. The third-order valence-corrected chi connectivity index (χ3v) is 13.3. The van der Waals surface area contributed by atoms with Gasteiger partial charge in [-0.15, -0.1) is 0 Å². The molecule has 3 saturated heterocycles. The number of aliphatic hydroxyl groups excluding tert-OH is 5. The number of ether oxygens (including phenoxy) is 5. The van der Waals surface area contributed by atoms with Gasteiger partial charge < -0.3 is 65.2 Å². The van der Waals surface area contributed by atoms with E-state index in [9.17, 15) is 24.9 Å². The highest BCUT2D eigenvalue weighted by molar-refractivity contribution is 6.20. The van der Waals surface area contributed by atoms with Gasteiger partial charge >= 0.3 is 5.97 Å². The Morgan fingerprint density at radius 2 is 1.46 bits per heavy atom. The molecule has 0 spiro atoms. The number of nitrogens with one attached hydrogen (secondary N) is 3. The van der Waals surface area contributed by atoms with Crippen molar-refractivity contribution in [1.29, 1.82) is 0 Å². The van der Waals surface area contributed by atoms with Crippen molar-refractivity contribution >= 4 is 29.0 Å². The number of rotatable bonds is 17. The van der Waals surface area contributed by atoms with E-state index < -0.39 is 18.5 Å². The Kier molecular flexibility index (Phi) is 22.7. The number of carbonyl (C=O) groups is 2. The Morgan fingerprint density at radius 1 is 0.847 bits per heavy atom. The minimum atomic E-state index is -0.485. The topological polar surface area (TPSA) is 255 Å². The van der Waals surface area contributed by atoms with Crippen molar-refractivity contribution in [3.8, 4) is 0 Å². The van der Waals surface area contributed by atoms with Crippen molar-refractivity contribution in [2.75, 3.05) is 53.7 Å². The highest BCUT2D eigenvalue weighted by Gasteiger charge is 2.34. The van der Waals surface area contributed by atoms with Crippen LogP contribution in [0.2, 0.25) is 0 Å². The van der Waals surface area contributed by atoms with E-state index in [1.54, 1.807) is 6.92 Å². The van der Waals surface area contributed by atoms with Gasteiger partial charge in [0.25, 0.3) is 0 Å². The fourth-order valence-corrected chi connectivity index (χ4v) is 9.10. The smallest absolute Gasteiger partial charge is 0.310 e. The first-order valence-corrected chi connectivity index (χ1v) is 25.2. The standard InChI is InChI=1S/C32H34N4O3.C12H23NO5.C10H21NO4/c1-8-20-17(4)25-12-24-16(3)10-28(33-24)22(11-31(38)39-7)32-23(15-37)19(6)27(36-32)14-30-21(9-2)18(5)26(35-30)13-29(20)34-25;1-2-11(16)13-4-3-5-17-12-7-9(15)6-10(8-14)18-12;1-11-3-2-4-14-10-6-8(13)5-9(7-12)15-10/h8,12-16,33,37H,1,9-11H2,2-7H3;9-10,12,14-15H,2-8H2,1H3,(H,13,16);8-13H,2-7H2,1H3/b23-15+,24-12?,28-22?,29-13?,30-14?;;. The second-order valence-corrected chi connectivity index (χ2v) is 18.6. The first-order valence-electron chi connectivity index (χ1n) is 25.2. The van der Waals surface area contributed by atoms with Crippen molar-refractivity contribution in [1.82, 2.24) is 16.0 Å². The Morgan fingerprint density at radius 3 is 2.01 bits per heavy atom. The fourth-order valence-electron chi connectivity index (χ4n) is 9.10. The molecule has 0 radical (unpaired) electrons. The predicted molar refractivity (Wildman–Crippen MR) is 277 cm³/mol. The van der Waals surface area contributed by atoms with Crippen LogP contribution < -0.4 is 16.0 Å². The van der Waals surface area contributed by atoms with E-state index in [1.165, 1.54) is 7.11 Å². The first kappa shape index (κ1) is 57.7. The van der Waals surface area contributed by atoms with Gasteiger partial charge in [-0.3, -0.25) is 9.59 Å². The van der Waals surface area contributed by atoms with E-state index in [0.29, 0.717) is 87.3 Å². The first-order chi connectivity index (χ1) is 34.6. The number of methoxy groups -OCH3 is 1. The second-order valence-electron chi connectivity index (χ2n) is 18.6. The molecular formula is C54H78N6O12. The Bertz CT molecular complexity index is 2330. The molecule has 396 valence electrons. The quantitative estimate of drug-likeness (QED) is 0.0498. The van der Waals surface area contributed by atoms with Crippen LogP contribution in [0.25, 0.3) is 0 Å². The molecule has 0 aromatic carbocycles. The number of hydrogen-bond acceptors (Lipinski definition) is 17. The molecule has 0 aliphatic carbocycles. The van der Waals surface area contributed by atoms with E-state index >= 15 is 0 Å². The van der Waals surface area contributed by atoms with Crippen LogP contribution in [-0.4, -0.2) is 145 Å². The minimum absolute atomic E-state index is 0.0275. The average molecular weight is 1000 g/mol. The second kappa shape index (κ2) is 28.3. The van der Waals surface area contributed by atoms with Crippen molar-refractivity contribution < 1.29 is 58.8 Å². The predicted octanol–water partition coefficient (Wildman–Crippen LogP) is 5.66. The van der Waals surface area contributed by atoms with Crippen molar-refractivity contribution in [2.45, 2.75) is 143 Å². The summed E-state index contributed by atoms with van der Waals surface area (Å²) in [6.45, 7) is 18.6. The van der Waals surface area contributed by atoms with E-state index in [1.807, 2.05) is 32.2 Å². The number of hydrogen-bond donors (Lipinski definition) is 8. The number of aliphatic imine (C=N–C) groups is 3. The summed E-state index contributed by atoms with van der Waals surface area (Å²) in [4.78, 5) is 38.5. The Hall–Kier alpha value is -5.15. The third-order valence-electron chi connectivity index (χ3n) is 13.3. The molecule has 0 saturated carbocycles. The summed E-state index contributed by atoms with van der Waals surface area (Å²) in [5.74, 6) is -0.181. The van der Waals surface area contributed by atoms with E-state index in [0.717, 1.165) is 87.7 Å². The molecule has 1 amide bonds. The van der Waals surface area contributed by atoms with Crippen LogP contribution in [0.1, 0.15) is 106 Å².